The van der Waals surface area contributed by atoms with Crippen LogP contribution in [0.3, 0.4) is 0 Å². The van der Waals surface area contributed by atoms with Crippen molar-refractivity contribution >= 4 is 5.91 Å². The first-order valence-electron chi connectivity index (χ1n) is 7.94. The number of likely N-dealkylation sites (N-methyl/N-ethyl adjacent to an activating group) is 1. The van der Waals surface area contributed by atoms with Crippen LogP contribution in [-0.2, 0) is 4.79 Å². The van der Waals surface area contributed by atoms with Crippen molar-refractivity contribution in [2.24, 2.45) is 0 Å². The number of ether oxygens (including phenoxy) is 1. The Morgan fingerprint density at radius 3 is 3.04 bits per heavy atom. The SMILES string of the molecule is CN1CCN(C(=O)[C@H]2COc3ccccc32)C[C@H]1c1ncc[nH]1. The lowest BCUT2D eigenvalue weighted by Gasteiger charge is -2.39. The molecule has 1 N–H and O–H groups in total. The van der Waals surface area contributed by atoms with Crippen LogP contribution < -0.4 is 4.74 Å². The van der Waals surface area contributed by atoms with E-state index < -0.39 is 0 Å². The number of aromatic nitrogens is 2. The molecule has 0 saturated carbocycles. The van der Waals surface area contributed by atoms with Crippen LogP contribution in [0.5, 0.6) is 5.75 Å². The van der Waals surface area contributed by atoms with Crippen LogP contribution in [0.2, 0.25) is 0 Å². The number of carbonyl (C=O) groups excluding carboxylic acids is 1. The number of piperazine rings is 1. The van der Waals surface area contributed by atoms with E-state index in [4.69, 9.17) is 4.74 Å². The number of hydrogen-bond acceptors (Lipinski definition) is 4. The molecule has 0 unspecified atom stereocenters. The molecule has 3 heterocycles. The quantitative estimate of drug-likeness (QED) is 0.910. The molecule has 2 aromatic rings. The Hall–Kier alpha value is -2.34. The van der Waals surface area contributed by atoms with Gasteiger partial charge in [-0.2, -0.15) is 0 Å². The summed E-state index contributed by atoms with van der Waals surface area (Å²) < 4.78 is 5.67. The summed E-state index contributed by atoms with van der Waals surface area (Å²) in [7, 11) is 2.07. The fraction of sp³-hybridized carbons (Fsp3) is 0.412. The van der Waals surface area contributed by atoms with E-state index >= 15 is 0 Å². The third kappa shape index (κ3) is 2.49. The summed E-state index contributed by atoms with van der Waals surface area (Å²) in [6.45, 7) is 2.68. The monoisotopic (exact) mass is 312 g/mol. The minimum Gasteiger partial charge on any atom is -0.492 e. The number of nitrogens with zero attached hydrogens (tertiary/aromatic N) is 3. The van der Waals surface area contributed by atoms with Crippen LogP contribution in [0.15, 0.2) is 36.7 Å². The third-order valence-corrected chi connectivity index (χ3v) is 4.79. The second-order valence-corrected chi connectivity index (χ2v) is 6.16. The zero-order valence-electron chi connectivity index (χ0n) is 13.1. The van der Waals surface area contributed by atoms with E-state index in [9.17, 15) is 4.79 Å². The third-order valence-electron chi connectivity index (χ3n) is 4.79. The van der Waals surface area contributed by atoms with Gasteiger partial charge in [0.05, 0.1) is 6.04 Å². The van der Waals surface area contributed by atoms with Crippen molar-refractivity contribution in [3.05, 3.63) is 48.0 Å². The predicted octanol–water partition coefficient (Wildman–Crippen LogP) is 1.40. The zero-order valence-corrected chi connectivity index (χ0v) is 13.1. The van der Waals surface area contributed by atoms with Crippen molar-refractivity contribution in [2.45, 2.75) is 12.0 Å². The Bertz CT molecular complexity index is 700. The van der Waals surface area contributed by atoms with Gasteiger partial charge in [-0.05, 0) is 13.1 Å². The maximum Gasteiger partial charge on any atom is 0.233 e. The smallest absolute Gasteiger partial charge is 0.233 e. The molecule has 2 aliphatic rings. The first-order valence-corrected chi connectivity index (χ1v) is 7.94. The molecule has 1 fully saturated rings. The van der Waals surface area contributed by atoms with Gasteiger partial charge in [-0.1, -0.05) is 18.2 Å². The summed E-state index contributed by atoms with van der Waals surface area (Å²) >= 11 is 0. The number of H-pyrrole nitrogens is 1. The second kappa shape index (κ2) is 5.70. The molecule has 6 heteroatoms. The molecule has 0 spiro atoms. The lowest BCUT2D eigenvalue weighted by atomic mass is 9.99. The summed E-state index contributed by atoms with van der Waals surface area (Å²) in [5, 5.41) is 0. The van der Waals surface area contributed by atoms with E-state index in [1.165, 1.54) is 0 Å². The molecule has 120 valence electrons. The minimum atomic E-state index is -0.188. The Morgan fingerprint density at radius 1 is 1.35 bits per heavy atom. The molecule has 4 rings (SSSR count). The highest BCUT2D eigenvalue weighted by Gasteiger charge is 2.37. The number of para-hydroxylation sites is 1. The average Bonchev–Trinajstić information content (AvgIpc) is 3.24. The molecule has 0 radical (unpaired) electrons. The van der Waals surface area contributed by atoms with Gasteiger partial charge in [0.1, 0.15) is 24.1 Å². The zero-order chi connectivity index (χ0) is 15.8. The molecular formula is C17H20N4O2. The van der Waals surface area contributed by atoms with Crippen LogP contribution in [-0.4, -0.2) is 59.0 Å². The average molecular weight is 312 g/mol. The lowest BCUT2D eigenvalue weighted by Crippen LogP contribution is -2.50. The largest absolute Gasteiger partial charge is 0.492 e. The molecule has 1 aromatic heterocycles. The molecule has 0 aliphatic carbocycles. The van der Waals surface area contributed by atoms with Crippen molar-refractivity contribution in [1.82, 2.24) is 19.8 Å². The summed E-state index contributed by atoms with van der Waals surface area (Å²) in [5.41, 5.74) is 1.01. The van der Waals surface area contributed by atoms with Gasteiger partial charge in [-0.25, -0.2) is 4.98 Å². The van der Waals surface area contributed by atoms with Crippen molar-refractivity contribution < 1.29 is 9.53 Å². The first-order chi connectivity index (χ1) is 11.2. The molecular weight excluding hydrogens is 292 g/mol. The minimum absolute atomic E-state index is 0.111. The normalized spacial score (nSPS) is 24.3. The van der Waals surface area contributed by atoms with E-state index in [-0.39, 0.29) is 17.9 Å². The highest BCUT2D eigenvalue weighted by Crippen LogP contribution is 2.35. The Kier molecular flexibility index (Phi) is 3.53. The van der Waals surface area contributed by atoms with Crippen LogP contribution in [0, 0.1) is 0 Å². The molecule has 1 amide bonds. The van der Waals surface area contributed by atoms with E-state index in [0.29, 0.717) is 13.2 Å². The van der Waals surface area contributed by atoms with Gasteiger partial charge in [-0.3, -0.25) is 9.69 Å². The number of rotatable bonds is 2. The van der Waals surface area contributed by atoms with Crippen molar-refractivity contribution in [3.8, 4) is 5.75 Å². The van der Waals surface area contributed by atoms with Gasteiger partial charge in [0.25, 0.3) is 0 Å². The number of hydrogen-bond donors (Lipinski definition) is 1. The fourth-order valence-electron chi connectivity index (χ4n) is 3.42. The highest BCUT2D eigenvalue weighted by atomic mass is 16.5. The Labute approximate surface area is 135 Å². The van der Waals surface area contributed by atoms with Crippen molar-refractivity contribution in [2.75, 3.05) is 33.3 Å². The van der Waals surface area contributed by atoms with Gasteiger partial charge < -0.3 is 14.6 Å². The van der Waals surface area contributed by atoms with E-state index in [0.717, 1.165) is 30.2 Å². The summed E-state index contributed by atoms with van der Waals surface area (Å²) in [4.78, 5) is 24.7. The molecule has 1 aromatic carbocycles. The highest BCUT2D eigenvalue weighted by molar-refractivity contribution is 5.85. The van der Waals surface area contributed by atoms with Crippen LogP contribution >= 0.6 is 0 Å². The topological polar surface area (TPSA) is 61.5 Å². The molecule has 2 atom stereocenters. The van der Waals surface area contributed by atoms with Gasteiger partial charge in [0.2, 0.25) is 5.91 Å². The van der Waals surface area contributed by atoms with E-state index in [1.54, 1.807) is 6.20 Å². The van der Waals surface area contributed by atoms with Crippen molar-refractivity contribution in [3.63, 3.8) is 0 Å². The van der Waals surface area contributed by atoms with Crippen molar-refractivity contribution in [1.29, 1.82) is 0 Å². The van der Waals surface area contributed by atoms with Crippen LogP contribution in [0.4, 0.5) is 0 Å². The maximum absolute atomic E-state index is 13.0. The lowest BCUT2D eigenvalue weighted by molar-refractivity contribution is -0.136. The number of fused-ring (bicyclic) bond motifs is 1. The maximum atomic E-state index is 13.0. The molecule has 1 saturated heterocycles. The van der Waals surface area contributed by atoms with Gasteiger partial charge >= 0.3 is 0 Å². The molecule has 6 nitrogen and oxygen atoms in total. The van der Waals surface area contributed by atoms with Gasteiger partial charge in [-0.15, -0.1) is 0 Å². The number of benzene rings is 1. The fourth-order valence-corrected chi connectivity index (χ4v) is 3.42. The number of nitrogens with one attached hydrogen (secondary N) is 1. The van der Waals surface area contributed by atoms with Crippen LogP contribution in [0.1, 0.15) is 23.3 Å². The summed E-state index contributed by atoms with van der Waals surface area (Å²) in [5.74, 6) is 1.71. The van der Waals surface area contributed by atoms with E-state index in [1.807, 2.05) is 35.4 Å². The number of carbonyl (C=O) groups is 1. The number of aromatic amines is 1. The molecule has 2 aliphatic heterocycles. The second-order valence-electron chi connectivity index (χ2n) is 6.16. The predicted molar refractivity (Wildman–Crippen MR) is 85.2 cm³/mol. The van der Waals surface area contributed by atoms with Crippen LogP contribution in [0.25, 0.3) is 0 Å². The molecule has 23 heavy (non-hydrogen) atoms. The van der Waals surface area contributed by atoms with Gasteiger partial charge in [0.15, 0.2) is 0 Å². The van der Waals surface area contributed by atoms with E-state index in [2.05, 4.69) is 21.9 Å². The Morgan fingerprint density at radius 2 is 2.22 bits per heavy atom. The number of amides is 1. The standard InChI is InChI=1S/C17H20N4O2/c1-20-8-9-21(10-14(20)16-18-6-7-19-16)17(22)13-11-23-15-5-3-2-4-12(13)15/h2-7,13-14H,8-11H2,1H3,(H,18,19)/t13-,14-/m0/s1. The number of imidazole rings is 1. The van der Waals surface area contributed by atoms with Gasteiger partial charge in [0, 0.05) is 37.6 Å². The Balaban J connectivity index is 1.53. The summed E-state index contributed by atoms with van der Waals surface area (Å²) in [6.07, 6.45) is 3.58. The first kappa shape index (κ1) is 14.3. The molecule has 0 bridgehead atoms. The summed E-state index contributed by atoms with van der Waals surface area (Å²) in [6, 6.07) is 7.93.